The van der Waals surface area contributed by atoms with Crippen LogP contribution in [0.1, 0.15) is 219 Å². The summed E-state index contributed by atoms with van der Waals surface area (Å²) < 4.78 is 34.8. The lowest BCUT2D eigenvalue weighted by atomic mass is 10.1. The van der Waals surface area contributed by atoms with Crippen LogP contribution in [0.3, 0.4) is 0 Å². The van der Waals surface area contributed by atoms with E-state index in [0.29, 0.717) is 24.1 Å². The van der Waals surface area contributed by atoms with Crippen LogP contribution in [0, 0.1) is 0 Å². The Morgan fingerprint density at radius 3 is 1.30 bits per heavy atom. The molecule has 0 fully saturated rings. The van der Waals surface area contributed by atoms with Crippen molar-refractivity contribution < 1.29 is 37.3 Å². The van der Waals surface area contributed by atoms with Crippen molar-refractivity contribution in [2.75, 3.05) is 54.1 Å². The Kier molecular flexibility index (Phi) is 48.3. The van der Waals surface area contributed by atoms with Gasteiger partial charge in [0, 0.05) is 13.0 Å². The number of unbranched alkanes of at least 4 members (excludes halogenated alkanes) is 22. The number of hydrogen-bond acceptors (Lipinski definition) is 7. The molecule has 0 aromatic heterocycles. The number of carbonyl (C=O) groups is 1. The van der Waals surface area contributed by atoms with Gasteiger partial charge in [0.1, 0.15) is 19.3 Å². The monoisotopic (exact) mass is 958 g/mol. The standard InChI is InChI=1S/C58H104NO7P/c1-6-8-10-12-14-16-18-20-22-24-26-28-30-31-33-35-37-39-41-43-45-47-49-51-58(60)66-57(56-65-67(61,62)64-54-52-59(3,4)5)55-63-53-50-48-46-44-42-40-38-36-34-32-29-27-25-23-21-19-17-15-13-11-9-7-2/h9,11,15,17-18,20-21,23-24,26-27,29-31,57H,6-8,10,12-14,16,19,22,25,28,32-56H2,1-5H3/b11-9-,17-15-,20-18-,23-21-,26-24-,29-27-,31-30-. The molecule has 0 spiro atoms. The number of esters is 1. The van der Waals surface area contributed by atoms with Crippen LogP contribution in [-0.4, -0.2) is 70.7 Å². The van der Waals surface area contributed by atoms with Crippen molar-refractivity contribution in [3.05, 3.63) is 85.1 Å². The minimum atomic E-state index is -4.54. The second-order valence-electron chi connectivity index (χ2n) is 19.2. The van der Waals surface area contributed by atoms with Gasteiger partial charge in [-0.05, 0) is 89.9 Å². The topological polar surface area (TPSA) is 94.1 Å². The minimum Gasteiger partial charge on any atom is -0.756 e. The van der Waals surface area contributed by atoms with Gasteiger partial charge in [-0.1, -0.05) is 208 Å². The summed E-state index contributed by atoms with van der Waals surface area (Å²) in [6.07, 6.45) is 67.5. The molecule has 8 nitrogen and oxygen atoms in total. The van der Waals surface area contributed by atoms with E-state index in [9.17, 15) is 14.3 Å². The quantitative estimate of drug-likeness (QED) is 0.0197. The fourth-order valence-corrected chi connectivity index (χ4v) is 7.98. The SMILES string of the molecule is CC/C=C\C/C=C\C/C=C\C/C=C\CCCCCCCCCCCOCC(COP(=O)([O-])OCC[N+](C)(C)C)OC(=O)CCCCCCCCCC/C=C\C/C=C\C/C=C\CCCCCCC. The molecule has 2 unspecified atom stereocenters. The number of carbonyl (C=O) groups excluding carboxylic acids is 1. The lowest BCUT2D eigenvalue weighted by molar-refractivity contribution is -0.870. The largest absolute Gasteiger partial charge is 0.756 e. The lowest BCUT2D eigenvalue weighted by Crippen LogP contribution is -2.37. The summed E-state index contributed by atoms with van der Waals surface area (Å²) in [5.41, 5.74) is 0. The molecule has 388 valence electrons. The van der Waals surface area contributed by atoms with E-state index in [0.717, 1.165) is 77.0 Å². The number of likely N-dealkylation sites (N-methyl/N-ethyl adjacent to an activating group) is 1. The molecule has 0 aromatic rings. The van der Waals surface area contributed by atoms with Crippen molar-refractivity contribution >= 4 is 13.8 Å². The van der Waals surface area contributed by atoms with Crippen LogP contribution >= 0.6 is 7.82 Å². The van der Waals surface area contributed by atoms with Crippen LogP contribution in [0.2, 0.25) is 0 Å². The predicted octanol–water partition coefficient (Wildman–Crippen LogP) is 16.5. The van der Waals surface area contributed by atoms with E-state index in [4.69, 9.17) is 18.5 Å². The van der Waals surface area contributed by atoms with Gasteiger partial charge in [-0.2, -0.15) is 0 Å². The molecular weight excluding hydrogens is 854 g/mol. The number of quaternary nitrogens is 1. The number of phosphoric ester groups is 1. The summed E-state index contributed by atoms with van der Waals surface area (Å²) in [6.45, 7) is 5.27. The second-order valence-corrected chi connectivity index (χ2v) is 20.6. The summed E-state index contributed by atoms with van der Waals surface area (Å²) in [5, 5.41) is 0. The van der Waals surface area contributed by atoms with Crippen LogP contribution in [0.4, 0.5) is 0 Å². The van der Waals surface area contributed by atoms with E-state index in [1.54, 1.807) is 0 Å². The zero-order valence-corrected chi connectivity index (χ0v) is 45.0. The maximum absolute atomic E-state index is 12.8. The van der Waals surface area contributed by atoms with Gasteiger partial charge in [-0.15, -0.1) is 0 Å². The van der Waals surface area contributed by atoms with Crippen LogP contribution in [0.5, 0.6) is 0 Å². The van der Waals surface area contributed by atoms with E-state index in [1.165, 1.54) is 122 Å². The average Bonchev–Trinajstić information content (AvgIpc) is 3.29. The summed E-state index contributed by atoms with van der Waals surface area (Å²) >= 11 is 0. The highest BCUT2D eigenvalue weighted by Gasteiger charge is 2.20. The summed E-state index contributed by atoms with van der Waals surface area (Å²) in [7, 11) is 1.34. The number of nitrogens with zero attached hydrogens (tertiary/aromatic N) is 1. The van der Waals surface area contributed by atoms with Gasteiger partial charge in [-0.3, -0.25) is 9.36 Å². The van der Waals surface area contributed by atoms with E-state index in [1.807, 2.05) is 21.1 Å². The third kappa shape index (κ3) is 54.5. The highest BCUT2D eigenvalue weighted by atomic mass is 31.2. The average molecular weight is 958 g/mol. The fraction of sp³-hybridized carbons (Fsp3) is 0.741. The predicted molar refractivity (Wildman–Crippen MR) is 286 cm³/mol. The van der Waals surface area contributed by atoms with Gasteiger partial charge in [0.2, 0.25) is 0 Å². The first-order valence-electron chi connectivity index (χ1n) is 27.3. The van der Waals surface area contributed by atoms with Crippen LogP contribution in [-0.2, 0) is 27.9 Å². The van der Waals surface area contributed by atoms with Crippen LogP contribution < -0.4 is 4.89 Å². The number of allylic oxidation sites excluding steroid dienone is 14. The first-order chi connectivity index (χ1) is 32.6. The summed E-state index contributed by atoms with van der Waals surface area (Å²) in [4.78, 5) is 25.2. The molecule has 9 heteroatoms. The molecule has 0 bridgehead atoms. The molecule has 0 aliphatic heterocycles. The number of phosphoric acid groups is 1. The molecule has 0 amide bonds. The molecule has 0 rings (SSSR count). The first-order valence-corrected chi connectivity index (χ1v) is 28.8. The third-order valence-corrected chi connectivity index (χ3v) is 12.4. The van der Waals surface area contributed by atoms with E-state index < -0.39 is 13.9 Å². The van der Waals surface area contributed by atoms with Crippen molar-refractivity contribution in [2.24, 2.45) is 0 Å². The van der Waals surface area contributed by atoms with Gasteiger partial charge in [0.15, 0.2) is 0 Å². The number of rotatable bonds is 50. The third-order valence-electron chi connectivity index (χ3n) is 11.4. The van der Waals surface area contributed by atoms with Crippen molar-refractivity contribution in [3.8, 4) is 0 Å². The summed E-state index contributed by atoms with van der Waals surface area (Å²) in [6, 6.07) is 0. The van der Waals surface area contributed by atoms with Gasteiger partial charge in [-0.25, -0.2) is 0 Å². The Hall–Kier alpha value is -2.32. The zero-order valence-electron chi connectivity index (χ0n) is 44.1. The van der Waals surface area contributed by atoms with E-state index in [-0.39, 0.29) is 25.8 Å². The molecule has 0 N–H and O–H groups in total. The number of hydrogen-bond donors (Lipinski definition) is 0. The highest BCUT2D eigenvalue weighted by molar-refractivity contribution is 7.45. The van der Waals surface area contributed by atoms with Gasteiger partial charge in [0.05, 0.1) is 34.4 Å². The van der Waals surface area contributed by atoms with Crippen LogP contribution in [0.15, 0.2) is 85.1 Å². The maximum Gasteiger partial charge on any atom is 0.306 e. The molecule has 0 radical (unpaired) electrons. The Morgan fingerprint density at radius 1 is 0.478 bits per heavy atom. The molecule has 0 heterocycles. The molecule has 0 aliphatic rings. The van der Waals surface area contributed by atoms with Crippen molar-refractivity contribution in [2.45, 2.75) is 225 Å². The fourth-order valence-electron chi connectivity index (χ4n) is 7.25. The molecule has 0 aliphatic carbocycles. The van der Waals surface area contributed by atoms with Gasteiger partial charge >= 0.3 is 5.97 Å². The molecule has 0 saturated heterocycles. The van der Waals surface area contributed by atoms with Crippen molar-refractivity contribution in [3.63, 3.8) is 0 Å². The minimum absolute atomic E-state index is 0.0191. The Bertz CT molecular complexity index is 1340. The van der Waals surface area contributed by atoms with Crippen molar-refractivity contribution in [1.82, 2.24) is 0 Å². The Morgan fingerprint density at radius 2 is 0.866 bits per heavy atom. The molecule has 0 aromatic carbocycles. The first kappa shape index (κ1) is 64.7. The second kappa shape index (κ2) is 50.1. The Labute approximate surface area is 414 Å². The van der Waals surface area contributed by atoms with E-state index in [2.05, 4.69) is 98.9 Å². The zero-order chi connectivity index (χ0) is 49.0. The van der Waals surface area contributed by atoms with Gasteiger partial charge < -0.3 is 27.9 Å². The molecule has 0 saturated carbocycles. The number of ether oxygens (including phenoxy) is 2. The molecular formula is C58H104NO7P. The summed E-state index contributed by atoms with van der Waals surface area (Å²) in [5.74, 6) is -0.345. The Balaban J connectivity index is 4.16. The normalized spacial score (nSPS) is 14.2. The van der Waals surface area contributed by atoms with Crippen molar-refractivity contribution in [1.29, 1.82) is 0 Å². The van der Waals surface area contributed by atoms with E-state index >= 15 is 0 Å². The maximum atomic E-state index is 12.8. The highest BCUT2D eigenvalue weighted by Crippen LogP contribution is 2.38. The van der Waals surface area contributed by atoms with Crippen LogP contribution in [0.25, 0.3) is 0 Å². The van der Waals surface area contributed by atoms with Gasteiger partial charge in [0.25, 0.3) is 7.82 Å². The molecule has 67 heavy (non-hydrogen) atoms. The molecule has 2 atom stereocenters. The smallest absolute Gasteiger partial charge is 0.306 e. The lowest BCUT2D eigenvalue weighted by Gasteiger charge is -2.28.